The van der Waals surface area contributed by atoms with Crippen LogP contribution in [-0.2, 0) is 0 Å². The Kier molecular flexibility index (Phi) is 8.98. The van der Waals surface area contributed by atoms with Crippen LogP contribution in [0.4, 0.5) is 37.8 Å². The molecule has 49 heavy (non-hydrogen) atoms. The number of pyridine rings is 2. The summed E-state index contributed by atoms with van der Waals surface area (Å²) >= 11 is 0.539. The number of phenols is 1. The Morgan fingerprint density at radius 2 is 1.63 bits per heavy atom. The average molecular weight is 701 g/mol. The van der Waals surface area contributed by atoms with Crippen molar-refractivity contribution in [1.82, 2.24) is 19.5 Å². The van der Waals surface area contributed by atoms with Crippen LogP contribution in [0.5, 0.6) is 5.75 Å². The molecule has 0 saturated carbocycles. The largest absolute Gasteiger partial charge is 0.507 e. The molecule has 1 aliphatic rings. The van der Waals surface area contributed by atoms with E-state index in [2.05, 4.69) is 15.0 Å². The summed E-state index contributed by atoms with van der Waals surface area (Å²) in [5.41, 5.74) is -1.39. The van der Waals surface area contributed by atoms with Gasteiger partial charge in [0.15, 0.2) is 34.7 Å². The molecule has 0 unspecified atom stereocenters. The summed E-state index contributed by atoms with van der Waals surface area (Å²) in [5.74, 6) is -8.81. The number of aryl methyl sites for hydroxylation is 1. The lowest BCUT2D eigenvalue weighted by molar-refractivity contribution is 0.419. The lowest BCUT2D eigenvalue weighted by atomic mass is 10.0. The number of anilines is 2. The van der Waals surface area contributed by atoms with Crippen molar-refractivity contribution in [1.29, 1.82) is 0 Å². The number of rotatable bonds is 6. The van der Waals surface area contributed by atoms with E-state index >= 15 is 17.6 Å². The van der Waals surface area contributed by atoms with Crippen LogP contribution < -0.4 is 15.5 Å². The molecule has 5 aromatic rings. The van der Waals surface area contributed by atoms with Gasteiger partial charge in [-0.1, -0.05) is 19.9 Å². The Bertz CT molecular complexity index is 2150. The van der Waals surface area contributed by atoms with E-state index in [4.69, 9.17) is 0 Å². The molecule has 3 aromatic heterocycles. The molecule has 1 saturated heterocycles. The third-order valence-electron chi connectivity index (χ3n) is 8.57. The second kappa shape index (κ2) is 12.9. The molecule has 1 fully saturated rings. The minimum Gasteiger partial charge on any atom is -0.507 e. The molecule has 8 nitrogen and oxygen atoms in total. The maximum Gasteiger partial charge on any atom is 0.355 e. The first kappa shape index (κ1) is 34.1. The van der Waals surface area contributed by atoms with E-state index < -0.39 is 74.2 Å². The van der Waals surface area contributed by atoms with Crippen LogP contribution in [0, 0.1) is 41.8 Å². The summed E-state index contributed by atoms with van der Waals surface area (Å²) in [6.45, 7) is 6.76. The molecule has 1 N–H and O–H groups in total. The van der Waals surface area contributed by atoms with E-state index in [0.717, 1.165) is 17.0 Å². The summed E-state index contributed by atoms with van der Waals surface area (Å²) in [6, 6.07) is 5.49. The van der Waals surface area contributed by atoms with Gasteiger partial charge in [-0.25, -0.2) is 40.7 Å². The minimum atomic E-state index is -1.53. The van der Waals surface area contributed by atoms with Crippen molar-refractivity contribution >= 4 is 34.3 Å². The molecule has 4 heterocycles. The number of hydrogen-bond acceptors (Lipinski definition) is 8. The fourth-order valence-corrected chi connectivity index (χ4v) is 6.80. The van der Waals surface area contributed by atoms with E-state index in [1.165, 1.54) is 23.0 Å². The minimum absolute atomic E-state index is 0.0252. The molecule has 2 aromatic carbocycles. The van der Waals surface area contributed by atoms with Crippen LogP contribution in [0.25, 0.3) is 28.0 Å². The summed E-state index contributed by atoms with van der Waals surface area (Å²) in [5, 5.41) is 10.5. The average Bonchev–Trinajstić information content (AvgIpc) is 3.05. The lowest BCUT2D eigenvalue weighted by Gasteiger charge is -2.42. The van der Waals surface area contributed by atoms with E-state index in [9.17, 15) is 18.7 Å². The van der Waals surface area contributed by atoms with Crippen LogP contribution in [0.1, 0.15) is 37.9 Å². The molecule has 0 amide bonds. The van der Waals surface area contributed by atoms with Crippen molar-refractivity contribution in [3.63, 3.8) is 0 Å². The van der Waals surface area contributed by atoms with E-state index in [1.54, 1.807) is 31.0 Å². The second-order valence-electron chi connectivity index (χ2n) is 12.0. The molecule has 6 rings (SSSR count). The number of piperazine rings is 1. The van der Waals surface area contributed by atoms with Gasteiger partial charge >= 0.3 is 5.69 Å². The predicted octanol–water partition coefficient (Wildman–Crippen LogP) is 7.25. The quantitative estimate of drug-likeness (QED) is 0.113. The van der Waals surface area contributed by atoms with Gasteiger partial charge in [0, 0.05) is 31.9 Å². The first-order valence-electron chi connectivity index (χ1n) is 15.2. The number of fused-ring (bicyclic) bond motifs is 1. The summed E-state index contributed by atoms with van der Waals surface area (Å²) in [4.78, 5) is 29.3. The van der Waals surface area contributed by atoms with Crippen molar-refractivity contribution in [3.05, 3.63) is 93.2 Å². The van der Waals surface area contributed by atoms with Gasteiger partial charge in [0.05, 0.1) is 27.2 Å². The Balaban J connectivity index is 1.55. The number of hydrogen-bond donors (Lipinski definition) is 1. The molecule has 0 bridgehead atoms. The second-order valence-corrected chi connectivity index (χ2v) is 12.8. The number of nitrogens with zero attached hydrogens (tertiary/aromatic N) is 6. The lowest BCUT2D eigenvalue weighted by Crippen LogP contribution is -2.53. The van der Waals surface area contributed by atoms with Crippen molar-refractivity contribution in [2.24, 2.45) is 0 Å². The zero-order valence-electron chi connectivity index (χ0n) is 27.0. The van der Waals surface area contributed by atoms with Crippen molar-refractivity contribution in [2.75, 3.05) is 35.7 Å². The molecule has 256 valence electrons. The number of thioether (sulfide) groups is 1. The van der Waals surface area contributed by atoms with Gasteiger partial charge < -0.3 is 14.9 Å². The van der Waals surface area contributed by atoms with Crippen molar-refractivity contribution in [2.45, 2.75) is 44.6 Å². The standard InChI is InChI=1S/C34H30F6N6O2S/c1-15(2)27-29(16(3)9-10-41-27)46-33-18(13-20(36)28(42-33)22-19(35)7-6-8-21(22)47)32(43-34(46)48)45-12-11-44(14-17(45)4)30-23(37)25(39)31(49-5)26(40)24(30)38/h6-10,13,15,17,47H,11-12,14H2,1-5H3/t17-/m0/s1. The fourth-order valence-electron chi connectivity index (χ4n) is 6.27. The van der Waals surface area contributed by atoms with E-state index in [-0.39, 0.29) is 42.4 Å². The normalized spacial score (nSPS) is 15.1. The number of aromatic hydroxyl groups is 1. The number of halogens is 6. The summed E-state index contributed by atoms with van der Waals surface area (Å²) in [6.07, 6.45) is 2.88. The van der Waals surface area contributed by atoms with Crippen LogP contribution in [0.15, 0.2) is 46.2 Å². The molecule has 0 aliphatic carbocycles. The highest BCUT2D eigenvalue weighted by Gasteiger charge is 2.34. The monoisotopic (exact) mass is 700 g/mol. The van der Waals surface area contributed by atoms with Gasteiger partial charge in [-0.05, 0) is 55.9 Å². The topological polar surface area (TPSA) is 87.4 Å². The molecular formula is C34H30F6N6O2S. The smallest absolute Gasteiger partial charge is 0.355 e. The number of phenolic OH excluding ortho intramolecular Hbond substituents is 1. The Hall–Kier alpha value is -4.79. The SMILES string of the molecule is CSc1c(F)c(F)c(N2CCN(c3nc(=O)n(-c4c(C)ccnc4C(C)C)c4nc(-c5c(O)cccc5F)c(F)cc34)[C@@H](C)C2)c(F)c1F. The van der Waals surface area contributed by atoms with Crippen LogP contribution in [-0.4, -0.2) is 56.6 Å². The Labute approximate surface area is 281 Å². The van der Waals surface area contributed by atoms with Gasteiger partial charge in [0.1, 0.15) is 28.8 Å². The zero-order valence-corrected chi connectivity index (χ0v) is 27.8. The van der Waals surface area contributed by atoms with Gasteiger partial charge in [-0.3, -0.25) is 4.98 Å². The highest BCUT2D eigenvalue weighted by molar-refractivity contribution is 7.98. The third-order valence-corrected chi connectivity index (χ3v) is 9.34. The van der Waals surface area contributed by atoms with Crippen molar-refractivity contribution < 1.29 is 31.4 Å². The van der Waals surface area contributed by atoms with Gasteiger partial charge in [-0.15, -0.1) is 11.8 Å². The fraction of sp³-hybridized carbons (Fsp3) is 0.294. The van der Waals surface area contributed by atoms with Gasteiger partial charge in [-0.2, -0.15) is 4.98 Å². The third kappa shape index (κ3) is 5.63. The summed E-state index contributed by atoms with van der Waals surface area (Å²) < 4.78 is 91.7. The first-order chi connectivity index (χ1) is 23.3. The van der Waals surface area contributed by atoms with Gasteiger partial charge in [0.2, 0.25) is 0 Å². The highest BCUT2D eigenvalue weighted by Crippen LogP contribution is 2.39. The highest BCUT2D eigenvalue weighted by atomic mass is 32.2. The number of aromatic nitrogens is 4. The first-order valence-corrected chi connectivity index (χ1v) is 16.5. The molecule has 15 heteroatoms. The van der Waals surface area contributed by atoms with Crippen LogP contribution >= 0.6 is 11.8 Å². The maximum absolute atomic E-state index is 16.0. The molecule has 1 atom stereocenters. The maximum atomic E-state index is 16.0. The van der Waals surface area contributed by atoms with Crippen LogP contribution in [0.3, 0.4) is 0 Å². The zero-order chi connectivity index (χ0) is 35.5. The Morgan fingerprint density at radius 1 is 0.939 bits per heavy atom. The molecule has 1 aliphatic heterocycles. The van der Waals surface area contributed by atoms with Crippen molar-refractivity contribution in [3.8, 4) is 22.7 Å². The number of benzene rings is 2. The predicted molar refractivity (Wildman–Crippen MR) is 176 cm³/mol. The molecule has 0 spiro atoms. The molecular weight excluding hydrogens is 670 g/mol. The van der Waals surface area contributed by atoms with Gasteiger partial charge in [0.25, 0.3) is 0 Å². The summed E-state index contributed by atoms with van der Waals surface area (Å²) in [7, 11) is 0. The molecule has 0 radical (unpaired) electrons. The van der Waals surface area contributed by atoms with Crippen LogP contribution in [0.2, 0.25) is 0 Å². The Morgan fingerprint density at radius 3 is 2.24 bits per heavy atom. The van der Waals surface area contributed by atoms with E-state index in [1.807, 2.05) is 13.8 Å². The van der Waals surface area contributed by atoms with E-state index in [0.29, 0.717) is 28.7 Å².